The molecule has 3 heterocycles. The summed E-state index contributed by atoms with van der Waals surface area (Å²) in [6.45, 7) is 4.31. The van der Waals surface area contributed by atoms with Gasteiger partial charge in [0, 0.05) is 36.3 Å². The van der Waals surface area contributed by atoms with Gasteiger partial charge in [0.2, 0.25) is 0 Å². The Kier molecular flexibility index (Phi) is 1.69. The van der Waals surface area contributed by atoms with Gasteiger partial charge in [-0.2, -0.15) is 0 Å². The number of imidazole rings is 1. The molecule has 74 valence electrons. The van der Waals surface area contributed by atoms with E-state index in [0.717, 1.165) is 30.2 Å². The van der Waals surface area contributed by atoms with E-state index in [1.807, 2.05) is 11.3 Å². The molecule has 0 fully saturated rings. The molecule has 4 heteroatoms. The van der Waals surface area contributed by atoms with Crippen molar-refractivity contribution in [3.05, 3.63) is 22.5 Å². The highest BCUT2D eigenvalue weighted by atomic mass is 32.1. The molecule has 0 aromatic carbocycles. The third-order valence-corrected chi connectivity index (χ3v) is 3.85. The molecule has 2 aromatic rings. The Hall–Kier alpha value is -0.870. The molecule has 0 aliphatic carbocycles. The Balaban J connectivity index is 2.21. The highest BCUT2D eigenvalue weighted by Gasteiger charge is 2.19. The monoisotopic (exact) mass is 207 g/mol. The van der Waals surface area contributed by atoms with Gasteiger partial charge < -0.3 is 4.90 Å². The number of thiazole rings is 1. The molecule has 0 radical (unpaired) electrons. The maximum Gasteiger partial charge on any atom is 0.194 e. The first kappa shape index (κ1) is 8.44. The van der Waals surface area contributed by atoms with E-state index in [4.69, 9.17) is 0 Å². The molecule has 3 nitrogen and oxygen atoms in total. The first-order valence-corrected chi connectivity index (χ1v) is 5.70. The Morgan fingerprint density at radius 2 is 2.36 bits per heavy atom. The molecule has 0 N–H and O–H groups in total. The van der Waals surface area contributed by atoms with E-state index in [1.54, 1.807) is 0 Å². The maximum atomic E-state index is 4.51. The lowest BCUT2D eigenvalue weighted by atomic mass is 10.2. The number of rotatable bonds is 0. The van der Waals surface area contributed by atoms with Crippen molar-refractivity contribution in [1.82, 2.24) is 14.3 Å². The number of aromatic nitrogens is 2. The molecule has 0 spiro atoms. The number of nitrogens with zero attached hydrogens (tertiary/aromatic N) is 3. The van der Waals surface area contributed by atoms with Crippen LogP contribution in [0.5, 0.6) is 0 Å². The summed E-state index contributed by atoms with van der Waals surface area (Å²) in [7, 11) is 2.18. The topological polar surface area (TPSA) is 20.5 Å². The van der Waals surface area contributed by atoms with Crippen LogP contribution in [0, 0.1) is 6.92 Å². The summed E-state index contributed by atoms with van der Waals surface area (Å²) < 4.78 is 2.27. The van der Waals surface area contributed by atoms with Crippen molar-refractivity contribution in [2.24, 2.45) is 0 Å². The van der Waals surface area contributed by atoms with E-state index in [-0.39, 0.29) is 0 Å². The SMILES string of the molecule is Cc1cn2c3c(sc2n1)CN(C)CC3. The molecular formula is C10H13N3S. The summed E-state index contributed by atoms with van der Waals surface area (Å²) in [6, 6.07) is 0. The van der Waals surface area contributed by atoms with Crippen molar-refractivity contribution >= 4 is 16.3 Å². The number of hydrogen-bond acceptors (Lipinski definition) is 3. The second-order valence-corrected chi connectivity index (χ2v) is 5.06. The molecule has 2 aromatic heterocycles. The second-order valence-electron chi connectivity index (χ2n) is 3.99. The zero-order valence-corrected chi connectivity index (χ0v) is 9.27. The van der Waals surface area contributed by atoms with E-state index >= 15 is 0 Å². The van der Waals surface area contributed by atoms with Crippen molar-refractivity contribution < 1.29 is 0 Å². The van der Waals surface area contributed by atoms with Crippen LogP contribution in [0.25, 0.3) is 4.96 Å². The Morgan fingerprint density at radius 1 is 1.50 bits per heavy atom. The normalized spacial score (nSPS) is 17.6. The highest BCUT2D eigenvalue weighted by molar-refractivity contribution is 7.17. The van der Waals surface area contributed by atoms with Crippen molar-refractivity contribution in [3.63, 3.8) is 0 Å². The summed E-state index contributed by atoms with van der Waals surface area (Å²) >= 11 is 1.83. The van der Waals surface area contributed by atoms with E-state index in [9.17, 15) is 0 Å². The number of likely N-dealkylation sites (N-methyl/N-ethyl adjacent to an activating group) is 1. The van der Waals surface area contributed by atoms with Gasteiger partial charge in [0.15, 0.2) is 4.96 Å². The third-order valence-electron chi connectivity index (χ3n) is 2.77. The third kappa shape index (κ3) is 1.11. The van der Waals surface area contributed by atoms with Crippen LogP contribution < -0.4 is 0 Å². The summed E-state index contributed by atoms with van der Waals surface area (Å²) in [6.07, 6.45) is 3.30. The molecule has 3 rings (SSSR count). The van der Waals surface area contributed by atoms with E-state index < -0.39 is 0 Å². The Bertz CT molecular complexity index is 483. The lowest BCUT2D eigenvalue weighted by Crippen LogP contribution is -2.26. The van der Waals surface area contributed by atoms with E-state index in [0.29, 0.717) is 0 Å². The molecule has 1 aliphatic rings. The standard InChI is InChI=1S/C10H13N3S/c1-7-5-13-8-3-4-12(2)6-9(8)14-10(13)11-7/h5H,3-4,6H2,1-2H3. The molecule has 0 unspecified atom stereocenters. The van der Waals surface area contributed by atoms with Crippen LogP contribution in [0.1, 0.15) is 16.3 Å². The quantitative estimate of drug-likeness (QED) is 0.655. The molecule has 0 amide bonds. The molecule has 14 heavy (non-hydrogen) atoms. The maximum absolute atomic E-state index is 4.51. The number of fused-ring (bicyclic) bond motifs is 3. The number of aryl methyl sites for hydroxylation is 1. The van der Waals surface area contributed by atoms with Crippen LogP contribution in [0.2, 0.25) is 0 Å². The van der Waals surface area contributed by atoms with Gasteiger partial charge in [-0.3, -0.25) is 4.40 Å². The highest BCUT2D eigenvalue weighted by Crippen LogP contribution is 2.27. The predicted octanol–water partition coefficient (Wildman–Crippen LogP) is 1.69. The van der Waals surface area contributed by atoms with Gasteiger partial charge in [-0.25, -0.2) is 4.98 Å². The molecule has 0 saturated carbocycles. The molecule has 0 bridgehead atoms. The van der Waals surface area contributed by atoms with Gasteiger partial charge in [-0.05, 0) is 14.0 Å². The van der Waals surface area contributed by atoms with Gasteiger partial charge >= 0.3 is 0 Å². The van der Waals surface area contributed by atoms with Crippen LogP contribution in [-0.4, -0.2) is 27.9 Å². The van der Waals surface area contributed by atoms with Crippen molar-refractivity contribution in [2.45, 2.75) is 19.9 Å². The fourth-order valence-corrected chi connectivity index (χ4v) is 3.32. The van der Waals surface area contributed by atoms with Crippen molar-refractivity contribution in [2.75, 3.05) is 13.6 Å². The minimum Gasteiger partial charge on any atom is -0.301 e. The average Bonchev–Trinajstić information content (AvgIpc) is 2.59. The lowest BCUT2D eigenvalue weighted by molar-refractivity contribution is 0.313. The summed E-state index contributed by atoms with van der Waals surface area (Å²) in [4.78, 5) is 9.51. The largest absolute Gasteiger partial charge is 0.301 e. The van der Waals surface area contributed by atoms with Gasteiger partial charge in [0.05, 0.1) is 5.69 Å². The average molecular weight is 207 g/mol. The summed E-state index contributed by atoms with van der Waals surface area (Å²) in [5, 5.41) is 0. The summed E-state index contributed by atoms with van der Waals surface area (Å²) in [5.41, 5.74) is 2.60. The van der Waals surface area contributed by atoms with Crippen LogP contribution in [0.3, 0.4) is 0 Å². The smallest absolute Gasteiger partial charge is 0.194 e. The van der Waals surface area contributed by atoms with E-state index in [1.165, 1.54) is 10.6 Å². The molecular weight excluding hydrogens is 194 g/mol. The van der Waals surface area contributed by atoms with Gasteiger partial charge in [-0.1, -0.05) is 11.3 Å². The molecule has 0 saturated heterocycles. The van der Waals surface area contributed by atoms with Crippen molar-refractivity contribution in [3.8, 4) is 0 Å². The van der Waals surface area contributed by atoms with Gasteiger partial charge in [-0.15, -0.1) is 0 Å². The van der Waals surface area contributed by atoms with E-state index in [2.05, 4.69) is 34.5 Å². The van der Waals surface area contributed by atoms with Crippen LogP contribution in [-0.2, 0) is 13.0 Å². The van der Waals surface area contributed by atoms with Crippen LogP contribution >= 0.6 is 11.3 Å². The zero-order chi connectivity index (χ0) is 9.71. The first-order chi connectivity index (χ1) is 6.74. The number of hydrogen-bond donors (Lipinski definition) is 0. The van der Waals surface area contributed by atoms with Crippen molar-refractivity contribution in [1.29, 1.82) is 0 Å². The minimum atomic E-state index is 1.09. The minimum absolute atomic E-state index is 1.09. The van der Waals surface area contributed by atoms with Crippen LogP contribution in [0.4, 0.5) is 0 Å². The van der Waals surface area contributed by atoms with Crippen LogP contribution in [0.15, 0.2) is 6.20 Å². The molecule has 0 atom stereocenters. The fraction of sp³-hybridized carbons (Fsp3) is 0.500. The summed E-state index contributed by atoms with van der Waals surface area (Å²) in [5.74, 6) is 0. The molecule has 1 aliphatic heterocycles. The Labute approximate surface area is 87.0 Å². The lowest BCUT2D eigenvalue weighted by Gasteiger charge is -2.21. The van der Waals surface area contributed by atoms with Gasteiger partial charge in [0.1, 0.15) is 0 Å². The zero-order valence-electron chi connectivity index (χ0n) is 8.45. The fourth-order valence-electron chi connectivity index (χ4n) is 2.05. The first-order valence-electron chi connectivity index (χ1n) is 4.89. The Morgan fingerprint density at radius 3 is 3.21 bits per heavy atom. The second kappa shape index (κ2) is 2.81. The van der Waals surface area contributed by atoms with Gasteiger partial charge in [0.25, 0.3) is 0 Å². The predicted molar refractivity (Wildman–Crippen MR) is 57.8 cm³/mol.